The standard InChI is InChI=1S/C27H28N2O4S2/c1-3-27(4-2)17-22(21-12-8-9-13-24(21)33-27)28-35(31,32)20-14-15-23-25(16-20)34-26(30)29(23)18-19-10-6-5-7-11-19/h5-16,22,28H,3-4,17-18H2,1-2H3/t22-/m1/s1. The van der Waals surface area contributed by atoms with Crippen LogP contribution < -0.4 is 14.3 Å². The van der Waals surface area contributed by atoms with Crippen molar-refractivity contribution in [1.82, 2.24) is 9.29 Å². The Kier molecular flexibility index (Phi) is 6.29. The van der Waals surface area contributed by atoms with Gasteiger partial charge in [-0.15, -0.1) is 0 Å². The molecule has 0 radical (unpaired) electrons. The van der Waals surface area contributed by atoms with E-state index in [1.165, 1.54) is 0 Å². The van der Waals surface area contributed by atoms with Crippen LogP contribution in [-0.4, -0.2) is 18.6 Å². The number of ether oxygens (including phenoxy) is 1. The largest absolute Gasteiger partial charge is 0.487 e. The number of hydrogen-bond donors (Lipinski definition) is 1. The molecular formula is C27H28N2O4S2. The summed E-state index contributed by atoms with van der Waals surface area (Å²) in [4.78, 5) is 12.7. The second kappa shape index (κ2) is 9.26. The molecule has 0 amide bonds. The van der Waals surface area contributed by atoms with Crippen molar-refractivity contribution >= 4 is 31.6 Å². The average Bonchev–Trinajstić information content (AvgIpc) is 3.18. The molecule has 2 heterocycles. The van der Waals surface area contributed by atoms with Crippen molar-refractivity contribution in [2.45, 2.75) is 56.2 Å². The second-order valence-corrected chi connectivity index (χ2v) is 11.7. The van der Waals surface area contributed by atoms with Crippen LogP contribution in [0.3, 0.4) is 0 Å². The first-order chi connectivity index (χ1) is 16.8. The average molecular weight is 509 g/mol. The number of sulfonamides is 1. The molecule has 1 aliphatic heterocycles. The van der Waals surface area contributed by atoms with Crippen LogP contribution in [0.1, 0.15) is 50.3 Å². The normalized spacial score (nSPS) is 17.1. The number of nitrogens with one attached hydrogen (secondary N) is 1. The molecule has 1 atom stereocenters. The van der Waals surface area contributed by atoms with Gasteiger partial charge in [-0.05, 0) is 42.7 Å². The van der Waals surface area contributed by atoms with E-state index in [0.29, 0.717) is 17.7 Å². The van der Waals surface area contributed by atoms with E-state index in [-0.39, 0.29) is 9.77 Å². The third-order valence-corrected chi connectivity index (χ3v) is 9.33. The van der Waals surface area contributed by atoms with Gasteiger partial charge in [0.1, 0.15) is 11.4 Å². The van der Waals surface area contributed by atoms with Crippen LogP contribution in [0.4, 0.5) is 0 Å². The van der Waals surface area contributed by atoms with Crippen molar-refractivity contribution in [2.24, 2.45) is 0 Å². The van der Waals surface area contributed by atoms with E-state index in [1.807, 2.05) is 54.6 Å². The van der Waals surface area contributed by atoms with Gasteiger partial charge in [-0.25, -0.2) is 13.1 Å². The van der Waals surface area contributed by atoms with E-state index in [1.54, 1.807) is 22.8 Å². The van der Waals surface area contributed by atoms with Gasteiger partial charge in [0.25, 0.3) is 0 Å². The Morgan fingerprint density at radius 1 is 1.03 bits per heavy atom. The number of para-hydroxylation sites is 1. The van der Waals surface area contributed by atoms with Gasteiger partial charge in [0.15, 0.2) is 0 Å². The summed E-state index contributed by atoms with van der Waals surface area (Å²) in [6.07, 6.45) is 2.12. The van der Waals surface area contributed by atoms with E-state index in [2.05, 4.69) is 18.6 Å². The lowest BCUT2D eigenvalue weighted by Gasteiger charge is -2.41. The van der Waals surface area contributed by atoms with Crippen molar-refractivity contribution in [3.05, 3.63) is 93.6 Å². The molecule has 1 N–H and O–H groups in total. The van der Waals surface area contributed by atoms with Crippen molar-refractivity contribution < 1.29 is 13.2 Å². The van der Waals surface area contributed by atoms with Gasteiger partial charge in [0.05, 0.1) is 27.7 Å². The van der Waals surface area contributed by atoms with Crippen molar-refractivity contribution in [3.63, 3.8) is 0 Å². The Morgan fingerprint density at radius 3 is 2.49 bits per heavy atom. The van der Waals surface area contributed by atoms with Crippen LogP contribution in [0.5, 0.6) is 5.75 Å². The molecule has 1 aromatic heterocycles. The van der Waals surface area contributed by atoms with E-state index >= 15 is 0 Å². The lowest BCUT2D eigenvalue weighted by Crippen LogP contribution is -2.44. The summed E-state index contributed by atoms with van der Waals surface area (Å²) in [5.74, 6) is 0.724. The number of hydrogen-bond acceptors (Lipinski definition) is 5. The smallest absolute Gasteiger partial charge is 0.308 e. The molecule has 35 heavy (non-hydrogen) atoms. The van der Waals surface area contributed by atoms with Gasteiger partial charge in [-0.1, -0.05) is 73.7 Å². The molecule has 4 aromatic rings. The molecule has 8 heteroatoms. The van der Waals surface area contributed by atoms with Gasteiger partial charge >= 0.3 is 4.87 Å². The summed E-state index contributed by atoms with van der Waals surface area (Å²) in [5, 5.41) is 0. The van der Waals surface area contributed by atoms with Gasteiger partial charge in [0.2, 0.25) is 10.0 Å². The Hall–Kier alpha value is -2.94. The molecule has 0 aliphatic carbocycles. The fourth-order valence-electron chi connectivity index (χ4n) is 4.79. The fourth-order valence-corrected chi connectivity index (χ4v) is 7.04. The summed E-state index contributed by atoms with van der Waals surface area (Å²) in [7, 11) is -3.83. The first-order valence-electron chi connectivity index (χ1n) is 11.8. The molecule has 0 bridgehead atoms. The Morgan fingerprint density at radius 2 is 1.74 bits per heavy atom. The molecule has 182 valence electrons. The first-order valence-corrected chi connectivity index (χ1v) is 14.1. The Balaban J connectivity index is 1.47. The van der Waals surface area contributed by atoms with Crippen LogP contribution in [0.15, 0.2) is 82.5 Å². The maximum absolute atomic E-state index is 13.5. The maximum Gasteiger partial charge on any atom is 0.308 e. The Bertz CT molecular complexity index is 1520. The van der Waals surface area contributed by atoms with Gasteiger partial charge < -0.3 is 4.74 Å². The van der Waals surface area contributed by atoms with Crippen LogP contribution in [-0.2, 0) is 16.6 Å². The summed E-state index contributed by atoms with van der Waals surface area (Å²) in [6, 6.07) is 21.9. The van der Waals surface area contributed by atoms with Gasteiger partial charge in [-0.2, -0.15) is 0 Å². The van der Waals surface area contributed by atoms with Crippen molar-refractivity contribution in [2.75, 3.05) is 0 Å². The third-order valence-electron chi connectivity index (χ3n) is 6.92. The predicted molar refractivity (Wildman–Crippen MR) is 140 cm³/mol. The highest BCUT2D eigenvalue weighted by atomic mass is 32.2. The highest BCUT2D eigenvalue weighted by Crippen LogP contribution is 2.43. The minimum absolute atomic E-state index is 0.111. The van der Waals surface area contributed by atoms with Crippen LogP contribution >= 0.6 is 11.3 Å². The van der Waals surface area contributed by atoms with E-state index in [0.717, 1.165) is 46.6 Å². The van der Waals surface area contributed by atoms with Gasteiger partial charge in [0, 0.05) is 12.0 Å². The number of aromatic nitrogens is 1. The van der Waals surface area contributed by atoms with Crippen molar-refractivity contribution in [3.8, 4) is 5.75 Å². The SMILES string of the molecule is CCC1(CC)C[C@@H](NS(=O)(=O)c2ccc3c(c2)sc(=O)n3Cc2ccccc2)c2ccccc2O1. The van der Waals surface area contributed by atoms with Crippen LogP contribution in [0, 0.1) is 0 Å². The number of nitrogens with zero attached hydrogens (tertiary/aromatic N) is 1. The molecule has 6 nitrogen and oxygen atoms in total. The van der Waals surface area contributed by atoms with E-state index in [4.69, 9.17) is 4.74 Å². The minimum Gasteiger partial charge on any atom is -0.487 e. The predicted octanol–water partition coefficient (Wildman–Crippen LogP) is 5.47. The zero-order valence-corrected chi connectivity index (χ0v) is 21.4. The lowest BCUT2D eigenvalue weighted by atomic mass is 9.84. The van der Waals surface area contributed by atoms with Crippen LogP contribution in [0.2, 0.25) is 0 Å². The maximum atomic E-state index is 13.5. The highest BCUT2D eigenvalue weighted by Gasteiger charge is 2.40. The number of rotatable bonds is 7. The van der Waals surface area contributed by atoms with E-state index < -0.39 is 21.7 Å². The first kappa shape index (κ1) is 23.8. The molecule has 0 fully saturated rings. The molecule has 3 aromatic carbocycles. The highest BCUT2D eigenvalue weighted by molar-refractivity contribution is 7.89. The molecule has 0 saturated carbocycles. The number of benzene rings is 3. The molecule has 1 aliphatic rings. The molecular weight excluding hydrogens is 480 g/mol. The third kappa shape index (κ3) is 4.53. The monoisotopic (exact) mass is 508 g/mol. The molecule has 0 saturated heterocycles. The zero-order chi connectivity index (χ0) is 24.6. The van der Waals surface area contributed by atoms with Crippen molar-refractivity contribution in [1.29, 1.82) is 0 Å². The van der Waals surface area contributed by atoms with Gasteiger partial charge in [-0.3, -0.25) is 9.36 Å². The lowest BCUT2D eigenvalue weighted by molar-refractivity contribution is 0.0260. The second-order valence-electron chi connectivity index (χ2n) is 8.98. The fraction of sp³-hybridized carbons (Fsp3) is 0.296. The zero-order valence-electron chi connectivity index (χ0n) is 19.7. The molecule has 0 spiro atoms. The quantitative estimate of drug-likeness (QED) is 0.359. The summed E-state index contributed by atoms with van der Waals surface area (Å²) in [6.45, 7) is 4.58. The topological polar surface area (TPSA) is 77.4 Å². The summed E-state index contributed by atoms with van der Waals surface area (Å²) < 4.78 is 38.6. The van der Waals surface area contributed by atoms with Crippen LogP contribution in [0.25, 0.3) is 10.2 Å². The number of fused-ring (bicyclic) bond motifs is 2. The Labute approximate surface area is 209 Å². The molecule has 5 rings (SSSR count). The summed E-state index contributed by atoms with van der Waals surface area (Å²) in [5.41, 5.74) is 2.17. The minimum atomic E-state index is -3.83. The summed E-state index contributed by atoms with van der Waals surface area (Å²) >= 11 is 1.07. The van der Waals surface area contributed by atoms with E-state index in [9.17, 15) is 13.2 Å². The molecule has 0 unspecified atom stereocenters. The number of thiazole rings is 1.